The first kappa shape index (κ1) is 30.1. The minimum atomic E-state index is -1.02. The molecular weight excluding hydrogens is 565 g/mol. The molecule has 9 heteroatoms. The van der Waals surface area contributed by atoms with Gasteiger partial charge in [0.25, 0.3) is 0 Å². The van der Waals surface area contributed by atoms with Gasteiger partial charge in [0.05, 0.1) is 29.6 Å². The van der Waals surface area contributed by atoms with E-state index in [4.69, 9.17) is 21.0 Å². The molecule has 2 aliphatic heterocycles. The Balaban J connectivity index is 1.31. The first-order valence-corrected chi connectivity index (χ1v) is 15.9. The van der Waals surface area contributed by atoms with Crippen LogP contribution < -0.4 is 0 Å². The van der Waals surface area contributed by atoms with Crippen molar-refractivity contribution in [2.75, 3.05) is 13.7 Å². The first-order chi connectivity index (χ1) is 20.9. The van der Waals surface area contributed by atoms with Crippen molar-refractivity contribution < 1.29 is 29.1 Å². The monoisotopic (exact) mass is 603 g/mol. The van der Waals surface area contributed by atoms with Gasteiger partial charge >= 0.3 is 7.12 Å². The fraction of sp³-hybridized carbons (Fsp3) is 0.471. The van der Waals surface area contributed by atoms with Crippen LogP contribution in [0, 0.1) is 17.8 Å². The highest BCUT2D eigenvalue weighted by atomic mass is 35.5. The van der Waals surface area contributed by atoms with Crippen molar-refractivity contribution in [3.8, 4) is 5.75 Å². The van der Waals surface area contributed by atoms with Crippen molar-refractivity contribution in [1.82, 2.24) is 4.90 Å². The topological polar surface area (TPSA) is 96.3 Å². The van der Waals surface area contributed by atoms with Gasteiger partial charge in [-0.3, -0.25) is 14.5 Å². The lowest BCUT2D eigenvalue weighted by molar-refractivity contribution is -0.143. The van der Waals surface area contributed by atoms with Gasteiger partial charge in [0.15, 0.2) is 0 Å². The molecular formula is C34H39BClNO6. The van der Waals surface area contributed by atoms with E-state index in [1.54, 1.807) is 24.1 Å². The van der Waals surface area contributed by atoms with E-state index in [9.17, 15) is 19.7 Å². The van der Waals surface area contributed by atoms with Gasteiger partial charge in [-0.25, -0.2) is 0 Å². The number of fused-ring (bicyclic) bond motifs is 3. The number of allylic oxidation sites excluding steroid dienone is 1. The lowest BCUT2D eigenvalue weighted by Crippen LogP contribution is -2.47. The van der Waals surface area contributed by atoms with Gasteiger partial charge in [-0.15, -0.1) is 0 Å². The number of halogens is 1. The molecule has 0 unspecified atom stereocenters. The summed E-state index contributed by atoms with van der Waals surface area (Å²) in [7, 11) is 0.624. The van der Waals surface area contributed by atoms with Crippen LogP contribution in [0.3, 0.4) is 0 Å². The molecule has 1 saturated carbocycles. The van der Waals surface area contributed by atoms with Crippen LogP contribution in [0.15, 0.2) is 59.7 Å². The summed E-state index contributed by atoms with van der Waals surface area (Å²) >= 11 is 6.47. The molecule has 0 aromatic heterocycles. The van der Waals surface area contributed by atoms with Crippen LogP contribution in [0.25, 0.3) is 11.6 Å². The van der Waals surface area contributed by atoms with Gasteiger partial charge in [0, 0.05) is 13.2 Å². The number of ether oxygens (including phenoxy) is 1. The van der Waals surface area contributed by atoms with E-state index < -0.39 is 25.1 Å². The van der Waals surface area contributed by atoms with Gasteiger partial charge in [0.2, 0.25) is 11.8 Å². The van der Waals surface area contributed by atoms with Crippen LogP contribution in [0.1, 0.15) is 62.5 Å². The van der Waals surface area contributed by atoms with Crippen LogP contribution in [-0.2, 0) is 19.0 Å². The molecule has 2 N–H and O–H groups in total. The Morgan fingerprint density at radius 3 is 2.58 bits per heavy atom. The first-order valence-electron chi connectivity index (χ1n) is 15.5. The number of hydrogen-bond donors (Lipinski definition) is 2. The number of aromatic hydroxyl groups is 1. The fourth-order valence-corrected chi connectivity index (χ4v) is 8.08. The number of phenols is 1. The predicted molar refractivity (Wildman–Crippen MR) is 167 cm³/mol. The summed E-state index contributed by atoms with van der Waals surface area (Å²) in [6, 6.07) is 14.9. The number of carbonyl (C=O) groups is 2. The molecule has 4 atom stereocenters. The fourth-order valence-electron chi connectivity index (χ4n) is 7.85. The standard InChI is InChI=1S/C34H39BClNO6/c1-42-20-24-17-27-32(34(40)37(33(27)39)25-10-6-3-7-11-25)28-19-35(41)43-30(31(24)28)15-13-22(21-8-4-2-5-9-21)16-23-12-14-26(38)18-29(23)36/h2,4-5,8-9,12,14,16,18,25,27-28,30,32,38,41H,3,6-7,10-11,13,15,17,19-20H2,1H3/b22-16-/t27-,28+,30-,32-/m1/s1. The Morgan fingerprint density at radius 2 is 1.86 bits per heavy atom. The molecule has 2 aromatic carbocycles. The summed E-state index contributed by atoms with van der Waals surface area (Å²) in [5.41, 5.74) is 4.90. The number of amides is 2. The summed E-state index contributed by atoms with van der Waals surface area (Å²) in [5.74, 6) is -1.15. The summed E-state index contributed by atoms with van der Waals surface area (Å²) in [6.45, 7) is 0.362. The maximum atomic E-state index is 14.0. The molecule has 3 fully saturated rings. The Morgan fingerprint density at radius 1 is 1.09 bits per heavy atom. The normalized spacial score (nSPS) is 26.6. The van der Waals surface area contributed by atoms with E-state index in [1.807, 2.05) is 36.4 Å². The average Bonchev–Trinajstić information content (AvgIpc) is 3.26. The number of nitrogens with zero attached hydrogens (tertiary/aromatic N) is 1. The Bertz CT molecular complexity index is 1420. The molecule has 7 nitrogen and oxygen atoms in total. The summed E-state index contributed by atoms with van der Waals surface area (Å²) in [5, 5.41) is 21.3. The molecule has 0 radical (unpaired) electrons. The van der Waals surface area contributed by atoms with Crippen LogP contribution in [0.5, 0.6) is 5.75 Å². The summed E-state index contributed by atoms with van der Waals surface area (Å²) in [4.78, 5) is 29.3. The zero-order valence-corrected chi connectivity index (χ0v) is 25.3. The predicted octanol–water partition coefficient (Wildman–Crippen LogP) is 6.14. The highest BCUT2D eigenvalue weighted by Crippen LogP contribution is 2.51. The third kappa shape index (κ3) is 6.08. The number of imide groups is 1. The Labute approximate surface area is 258 Å². The van der Waals surface area contributed by atoms with E-state index >= 15 is 0 Å². The molecule has 43 heavy (non-hydrogen) atoms. The van der Waals surface area contributed by atoms with Crippen molar-refractivity contribution in [3.05, 3.63) is 75.8 Å². The number of methoxy groups -OCH3 is 1. The van der Waals surface area contributed by atoms with Crippen molar-refractivity contribution in [2.24, 2.45) is 17.8 Å². The molecule has 2 saturated heterocycles. The maximum Gasteiger partial charge on any atom is 0.455 e. The van der Waals surface area contributed by atoms with E-state index in [1.165, 1.54) is 6.07 Å². The zero-order chi connectivity index (χ0) is 30.1. The molecule has 0 bridgehead atoms. The quantitative estimate of drug-likeness (QED) is 0.163. The Kier molecular flexibility index (Phi) is 9.10. The largest absolute Gasteiger partial charge is 0.508 e. The van der Waals surface area contributed by atoms with E-state index in [2.05, 4.69) is 0 Å². The average molecular weight is 604 g/mol. The number of benzene rings is 2. The number of phenolic OH excluding ortho intramolecular Hbond substituents is 1. The Hall–Kier alpha value is -2.91. The summed E-state index contributed by atoms with van der Waals surface area (Å²) < 4.78 is 11.8. The molecule has 226 valence electrons. The molecule has 2 aromatic rings. The van der Waals surface area contributed by atoms with E-state index in [-0.39, 0.29) is 29.5 Å². The minimum absolute atomic E-state index is 0.0143. The van der Waals surface area contributed by atoms with Crippen molar-refractivity contribution in [3.63, 3.8) is 0 Å². The second-order valence-electron chi connectivity index (χ2n) is 12.4. The molecule has 2 heterocycles. The molecule has 4 aliphatic rings. The minimum Gasteiger partial charge on any atom is -0.508 e. The van der Waals surface area contributed by atoms with Crippen LogP contribution in [-0.4, -0.2) is 59.8 Å². The number of likely N-dealkylation sites (tertiary alicyclic amines) is 1. The zero-order valence-electron chi connectivity index (χ0n) is 24.6. The van der Waals surface area contributed by atoms with Crippen LogP contribution in [0.4, 0.5) is 0 Å². The van der Waals surface area contributed by atoms with Crippen LogP contribution >= 0.6 is 11.6 Å². The lowest BCUT2D eigenvalue weighted by atomic mass is 9.58. The molecule has 6 rings (SSSR count). The van der Waals surface area contributed by atoms with Crippen LogP contribution in [0.2, 0.25) is 11.3 Å². The molecule has 2 aliphatic carbocycles. The third-order valence-corrected chi connectivity index (χ3v) is 10.1. The van der Waals surface area contributed by atoms with Gasteiger partial charge in [-0.2, -0.15) is 0 Å². The van der Waals surface area contributed by atoms with Crippen molar-refractivity contribution in [1.29, 1.82) is 0 Å². The van der Waals surface area contributed by atoms with Gasteiger partial charge in [0.1, 0.15) is 5.75 Å². The summed E-state index contributed by atoms with van der Waals surface area (Å²) in [6.07, 6.45) is 8.55. The SMILES string of the molecule is COCC1=C2[C@@H](CC/C(=C/c3ccc(O)cc3Cl)c3ccccc3)OB(O)C[C@@H]2[C@@H]2C(=O)N(C3CCCCC3)C(=O)[C@@H]2C1. The number of carbonyl (C=O) groups excluding carboxylic acids is 2. The third-order valence-electron chi connectivity index (χ3n) is 9.73. The van der Waals surface area contributed by atoms with Gasteiger partial charge in [-0.05, 0) is 96.5 Å². The number of rotatable bonds is 8. The number of hydrogen-bond acceptors (Lipinski definition) is 6. The van der Waals surface area contributed by atoms with Crippen molar-refractivity contribution >= 4 is 42.2 Å². The van der Waals surface area contributed by atoms with Gasteiger partial charge in [-0.1, -0.05) is 61.2 Å². The lowest BCUT2D eigenvalue weighted by Gasteiger charge is -2.43. The van der Waals surface area contributed by atoms with E-state index in [0.29, 0.717) is 37.2 Å². The smallest absolute Gasteiger partial charge is 0.455 e. The highest BCUT2D eigenvalue weighted by Gasteiger charge is 2.58. The second kappa shape index (κ2) is 13.0. The van der Waals surface area contributed by atoms with E-state index in [0.717, 1.165) is 60.0 Å². The van der Waals surface area contributed by atoms with Gasteiger partial charge < -0.3 is 19.5 Å². The molecule has 2 amide bonds. The maximum absolute atomic E-state index is 14.0. The second-order valence-corrected chi connectivity index (χ2v) is 12.8. The molecule has 0 spiro atoms. The van der Waals surface area contributed by atoms with Crippen molar-refractivity contribution in [2.45, 2.75) is 69.8 Å². The highest BCUT2D eigenvalue weighted by molar-refractivity contribution is 6.43.